The van der Waals surface area contributed by atoms with Crippen molar-refractivity contribution in [1.29, 1.82) is 0 Å². The number of amides is 2. The fourth-order valence-electron chi connectivity index (χ4n) is 2.06. The van der Waals surface area contributed by atoms with E-state index in [0.717, 1.165) is 0 Å². The second-order valence-electron chi connectivity index (χ2n) is 4.50. The molecule has 5 nitrogen and oxygen atoms in total. The first-order valence-electron chi connectivity index (χ1n) is 5.90. The van der Waals surface area contributed by atoms with Crippen molar-refractivity contribution in [2.45, 2.75) is 18.9 Å². The van der Waals surface area contributed by atoms with E-state index in [1.54, 1.807) is 30.1 Å². The molecule has 2 amide bonds. The van der Waals surface area contributed by atoms with Gasteiger partial charge in [-0.2, -0.15) is 0 Å². The maximum absolute atomic E-state index is 11.9. The van der Waals surface area contributed by atoms with Gasteiger partial charge in [0.25, 0.3) is 5.91 Å². The number of para-hydroxylation sites is 1. The van der Waals surface area contributed by atoms with E-state index in [0.29, 0.717) is 19.4 Å². The Morgan fingerprint density at radius 1 is 1.44 bits per heavy atom. The number of piperidine rings is 1. The fraction of sp³-hybridized carbons (Fsp3) is 0.385. The van der Waals surface area contributed by atoms with Crippen LogP contribution in [0.15, 0.2) is 24.3 Å². The van der Waals surface area contributed by atoms with Crippen molar-refractivity contribution in [2.24, 2.45) is 0 Å². The predicted molar refractivity (Wildman–Crippen MR) is 66.2 cm³/mol. The quantitative estimate of drug-likeness (QED) is 0.811. The van der Waals surface area contributed by atoms with Gasteiger partial charge in [-0.1, -0.05) is 12.1 Å². The molecular formula is C13H16N2O3. The van der Waals surface area contributed by atoms with E-state index in [4.69, 9.17) is 0 Å². The number of likely N-dealkylation sites (tertiary alicyclic amines) is 1. The summed E-state index contributed by atoms with van der Waals surface area (Å²) < 4.78 is 0. The van der Waals surface area contributed by atoms with Crippen molar-refractivity contribution in [3.05, 3.63) is 29.8 Å². The highest BCUT2D eigenvalue weighted by Crippen LogP contribution is 2.16. The molecule has 96 valence electrons. The molecule has 0 radical (unpaired) electrons. The predicted octanol–water partition coefficient (Wildman–Crippen LogP) is 0.743. The lowest BCUT2D eigenvalue weighted by Gasteiger charge is -2.30. The Labute approximate surface area is 105 Å². The largest absolute Gasteiger partial charge is 0.507 e. The molecule has 5 heteroatoms. The van der Waals surface area contributed by atoms with Crippen LogP contribution in [-0.4, -0.2) is 41.5 Å². The first-order valence-corrected chi connectivity index (χ1v) is 5.90. The minimum atomic E-state index is -0.305. The third-order valence-corrected chi connectivity index (χ3v) is 3.11. The monoisotopic (exact) mass is 248 g/mol. The summed E-state index contributed by atoms with van der Waals surface area (Å²) in [4.78, 5) is 24.9. The summed E-state index contributed by atoms with van der Waals surface area (Å²) in [6, 6.07) is 6.36. The van der Waals surface area contributed by atoms with E-state index in [2.05, 4.69) is 5.32 Å². The smallest absolute Gasteiger partial charge is 0.255 e. The van der Waals surface area contributed by atoms with Crippen LogP contribution in [-0.2, 0) is 4.79 Å². The Morgan fingerprint density at radius 2 is 2.17 bits per heavy atom. The summed E-state index contributed by atoms with van der Waals surface area (Å²) in [5, 5.41) is 12.4. The highest BCUT2D eigenvalue weighted by atomic mass is 16.3. The molecule has 1 atom stereocenters. The summed E-state index contributed by atoms with van der Waals surface area (Å²) in [5.74, 6) is -0.237. The number of hydrogen-bond donors (Lipinski definition) is 2. The van der Waals surface area contributed by atoms with Gasteiger partial charge in [-0.3, -0.25) is 9.59 Å². The van der Waals surface area contributed by atoms with Crippen LogP contribution in [0.4, 0.5) is 0 Å². The second kappa shape index (κ2) is 5.08. The zero-order chi connectivity index (χ0) is 13.1. The lowest BCUT2D eigenvalue weighted by molar-refractivity contribution is -0.132. The zero-order valence-electron chi connectivity index (χ0n) is 10.2. The molecule has 18 heavy (non-hydrogen) atoms. The number of aromatic hydroxyl groups is 1. The molecule has 1 aliphatic heterocycles. The SMILES string of the molecule is CN1CC(NC(=O)c2ccccc2O)CCC1=O. The number of carbonyl (C=O) groups is 2. The highest BCUT2D eigenvalue weighted by Gasteiger charge is 2.24. The number of rotatable bonds is 2. The van der Waals surface area contributed by atoms with Gasteiger partial charge >= 0.3 is 0 Å². The molecule has 1 aromatic carbocycles. The van der Waals surface area contributed by atoms with Crippen molar-refractivity contribution in [3.63, 3.8) is 0 Å². The Morgan fingerprint density at radius 3 is 2.83 bits per heavy atom. The molecule has 1 heterocycles. The number of likely N-dealkylation sites (N-methyl/N-ethyl adjacent to an activating group) is 1. The number of benzene rings is 1. The molecule has 0 bridgehead atoms. The van der Waals surface area contributed by atoms with Gasteiger partial charge in [-0.15, -0.1) is 0 Å². The summed E-state index contributed by atoms with van der Waals surface area (Å²) in [6.07, 6.45) is 1.09. The van der Waals surface area contributed by atoms with Crippen LogP contribution in [0.3, 0.4) is 0 Å². The second-order valence-corrected chi connectivity index (χ2v) is 4.50. The van der Waals surface area contributed by atoms with E-state index in [1.165, 1.54) is 6.07 Å². The Kier molecular flexibility index (Phi) is 3.50. The number of phenols is 1. The summed E-state index contributed by atoms with van der Waals surface area (Å²) in [5.41, 5.74) is 0.261. The van der Waals surface area contributed by atoms with E-state index in [9.17, 15) is 14.7 Å². The molecule has 1 saturated heterocycles. The number of phenolic OH excluding ortho intramolecular Hbond substituents is 1. The fourth-order valence-corrected chi connectivity index (χ4v) is 2.06. The molecule has 0 spiro atoms. The number of nitrogens with one attached hydrogen (secondary N) is 1. The maximum atomic E-state index is 11.9. The number of carbonyl (C=O) groups excluding carboxylic acids is 2. The van der Waals surface area contributed by atoms with Crippen LogP contribution in [0, 0.1) is 0 Å². The van der Waals surface area contributed by atoms with Gasteiger partial charge in [0.1, 0.15) is 5.75 Å². The summed E-state index contributed by atoms with van der Waals surface area (Å²) in [6.45, 7) is 0.512. The van der Waals surface area contributed by atoms with Gasteiger partial charge in [-0.25, -0.2) is 0 Å². The average molecular weight is 248 g/mol. The first kappa shape index (κ1) is 12.4. The van der Waals surface area contributed by atoms with Gasteiger partial charge in [0.2, 0.25) is 5.91 Å². The van der Waals surface area contributed by atoms with E-state index < -0.39 is 0 Å². The summed E-state index contributed by atoms with van der Waals surface area (Å²) in [7, 11) is 1.72. The molecular weight excluding hydrogens is 232 g/mol. The zero-order valence-corrected chi connectivity index (χ0v) is 10.2. The maximum Gasteiger partial charge on any atom is 0.255 e. The summed E-state index contributed by atoms with van der Waals surface area (Å²) >= 11 is 0. The van der Waals surface area contributed by atoms with Crippen LogP contribution >= 0.6 is 0 Å². The number of nitrogens with zero attached hydrogens (tertiary/aromatic N) is 1. The van der Waals surface area contributed by atoms with E-state index >= 15 is 0 Å². The molecule has 1 aromatic rings. The van der Waals surface area contributed by atoms with Crippen LogP contribution in [0.1, 0.15) is 23.2 Å². The van der Waals surface area contributed by atoms with Crippen molar-refractivity contribution < 1.29 is 14.7 Å². The van der Waals surface area contributed by atoms with Crippen LogP contribution in [0.2, 0.25) is 0 Å². The van der Waals surface area contributed by atoms with Gasteiger partial charge < -0.3 is 15.3 Å². The Balaban J connectivity index is 2.00. The molecule has 1 unspecified atom stereocenters. The van der Waals surface area contributed by atoms with Crippen LogP contribution in [0.25, 0.3) is 0 Å². The van der Waals surface area contributed by atoms with Gasteiger partial charge in [-0.05, 0) is 18.6 Å². The van der Waals surface area contributed by atoms with Crippen LogP contribution < -0.4 is 5.32 Å². The first-order chi connectivity index (χ1) is 8.58. The molecule has 0 saturated carbocycles. The Bertz CT molecular complexity index is 473. The lowest BCUT2D eigenvalue weighted by atomic mass is 10.0. The van der Waals surface area contributed by atoms with Crippen LogP contribution in [0.5, 0.6) is 5.75 Å². The molecule has 0 aromatic heterocycles. The van der Waals surface area contributed by atoms with Gasteiger partial charge in [0.05, 0.1) is 5.56 Å². The molecule has 2 rings (SSSR count). The third kappa shape index (κ3) is 2.61. The Hall–Kier alpha value is -2.04. The van der Waals surface area contributed by atoms with Gasteiger partial charge in [0, 0.05) is 26.1 Å². The average Bonchev–Trinajstić information content (AvgIpc) is 2.34. The minimum Gasteiger partial charge on any atom is -0.507 e. The van der Waals surface area contributed by atoms with Crippen molar-refractivity contribution >= 4 is 11.8 Å². The molecule has 2 N–H and O–H groups in total. The van der Waals surface area contributed by atoms with Gasteiger partial charge in [0.15, 0.2) is 0 Å². The standard InChI is InChI=1S/C13H16N2O3/c1-15-8-9(6-7-12(15)17)14-13(18)10-4-2-3-5-11(10)16/h2-5,9,16H,6-8H2,1H3,(H,14,18). The molecule has 0 aliphatic carbocycles. The topological polar surface area (TPSA) is 69.6 Å². The third-order valence-electron chi connectivity index (χ3n) is 3.11. The van der Waals surface area contributed by atoms with Crippen molar-refractivity contribution in [3.8, 4) is 5.75 Å². The highest BCUT2D eigenvalue weighted by molar-refractivity contribution is 5.97. The molecule has 1 aliphatic rings. The van der Waals surface area contributed by atoms with E-state index in [-0.39, 0.29) is 29.2 Å². The molecule has 1 fully saturated rings. The lowest BCUT2D eigenvalue weighted by Crippen LogP contribution is -2.48. The minimum absolute atomic E-state index is 0.0322. The normalized spacial score (nSPS) is 19.7. The van der Waals surface area contributed by atoms with Crippen molar-refractivity contribution in [2.75, 3.05) is 13.6 Å². The number of hydrogen-bond acceptors (Lipinski definition) is 3. The van der Waals surface area contributed by atoms with Crippen molar-refractivity contribution in [1.82, 2.24) is 10.2 Å². The van der Waals surface area contributed by atoms with E-state index in [1.807, 2.05) is 0 Å².